The van der Waals surface area contributed by atoms with Gasteiger partial charge in [0.15, 0.2) is 6.29 Å². The number of hydrogen-bond donors (Lipinski definition) is 3. The van der Waals surface area contributed by atoms with Crippen LogP contribution in [0.4, 0.5) is 11.5 Å². The summed E-state index contributed by atoms with van der Waals surface area (Å²) < 4.78 is 11.4. The van der Waals surface area contributed by atoms with E-state index in [0.717, 1.165) is 28.0 Å². The molecule has 3 rings (SSSR count). The molecule has 0 aliphatic heterocycles. The molecule has 0 saturated heterocycles. The lowest BCUT2D eigenvalue weighted by Crippen LogP contribution is -2.03. The van der Waals surface area contributed by atoms with Crippen molar-refractivity contribution >= 4 is 38.5 Å². The van der Waals surface area contributed by atoms with E-state index >= 15 is 0 Å². The molecule has 0 fully saturated rings. The minimum absolute atomic E-state index is 0.388. The van der Waals surface area contributed by atoms with Gasteiger partial charge in [0, 0.05) is 6.61 Å². The molecule has 7 nitrogen and oxygen atoms in total. The Balaban J connectivity index is 2.08. The van der Waals surface area contributed by atoms with Gasteiger partial charge in [-0.1, -0.05) is 0 Å². The van der Waals surface area contributed by atoms with Gasteiger partial charge in [0.1, 0.15) is 23.5 Å². The van der Waals surface area contributed by atoms with Gasteiger partial charge in [-0.2, -0.15) is 0 Å². The molecule has 8 heteroatoms. The predicted molar refractivity (Wildman–Crippen MR) is 104 cm³/mol. The number of aromatic amines is 1. The monoisotopic (exact) mass is 420 g/mol. The maximum atomic E-state index is 10.2. The Morgan fingerprint density at radius 2 is 2.00 bits per heavy atom. The molecule has 0 aliphatic rings. The van der Waals surface area contributed by atoms with E-state index in [1.54, 1.807) is 7.11 Å². The Hall–Kier alpha value is -2.16. The van der Waals surface area contributed by atoms with Gasteiger partial charge in [-0.25, -0.2) is 9.97 Å². The molecule has 0 aliphatic carbocycles. The highest BCUT2D eigenvalue weighted by molar-refractivity contribution is 9.10. The Labute approximate surface area is 159 Å². The Morgan fingerprint density at radius 1 is 1.27 bits per heavy atom. The van der Waals surface area contributed by atoms with Crippen molar-refractivity contribution in [3.05, 3.63) is 39.8 Å². The molecule has 0 saturated carbocycles. The topological polar surface area (TPSA) is 92.3 Å². The van der Waals surface area contributed by atoms with Gasteiger partial charge in [0.25, 0.3) is 0 Å². The third kappa shape index (κ3) is 3.40. The summed E-state index contributed by atoms with van der Waals surface area (Å²) in [6.45, 7) is 6.28. The highest BCUT2D eigenvalue weighted by Crippen LogP contribution is 2.37. The summed E-state index contributed by atoms with van der Waals surface area (Å²) in [5, 5.41) is 14.2. The maximum absolute atomic E-state index is 10.2. The molecule has 0 bridgehead atoms. The molecule has 2 heterocycles. The molecule has 0 radical (unpaired) electrons. The number of aliphatic hydroxyl groups excluding tert-OH is 1. The van der Waals surface area contributed by atoms with E-state index in [2.05, 4.69) is 36.2 Å². The van der Waals surface area contributed by atoms with Gasteiger partial charge in [-0.3, -0.25) is 0 Å². The molecular weight excluding hydrogens is 400 g/mol. The molecule has 2 aromatic heterocycles. The van der Waals surface area contributed by atoms with Crippen LogP contribution in [0.2, 0.25) is 0 Å². The van der Waals surface area contributed by atoms with Crippen molar-refractivity contribution in [3.63, 3.8) is 0 Å². The van der Waals surface area contributed by atoms with Crippen LogP contribution < -0.4 is 10.1 Å². The molecular formula is C18H21BrN4O3. The van der Waals surface area contributed by atoms with E-state index in [1.165, 1.54) is 6.33 Å². The quantitative estimate of drug-likeness (QED) is 0.519. The summed E-state index contributed by atoms with van der Waals surface area (Å²) in [6.07, 6.45) is 0.380. The number of H-pyrrole nitrogens is 1. The number of nitrogens with one attached hydrogen (secondary N) is 2. The zero-order chi connectivity index (χ0) is 18.8. The second-order valence-electron chi connectivity index (χ2n) is 5.87. The molecule has 1 atom stereocenters. The number of anilines is 2. The molecule has 138 valence electrons. The number of benzene rings is 1. The fourth-order valence-corrected chi connectivity index (χ4v) is 3.37. The first-order valence-corrected chi connectivity index (χ1v) is 8.99. The van der Waals surface area contributed by atoms with Crippen LogP contribution in [-0.2, 0) is 4.74 Å². The number of methoxy groups -OCH3 is 1. The molecule has 1 unspecified atom stereocenters. The van der Waals surface area contributed by atoms with Gasteiger partial charge in [0.05, 0.1) is 28.4 Å². The third-order valence-corrected chi connectivity index (χ3v) is 5.02. The van der Waals surface area contributed by atoms with Gasteiger partial charge in [-0.15, -0.1) is 0 Å². The average molecular weight is 421 g/mol. The molecule has 1 aromatic carbocycles. The standard InChI is InChI=1S/C18H21BrN4O3/c1-5-26-18(24)15-14(19)13-16(20-8-21-17(13)23-15)22-11-6-9(2)10(3)7-12(11)25-4/h6-8,18,24H,5H2,1-4H3,(H2,20,21,22,23). The number of fused-ring (bicyclic) bond motifs is 1. The highest BCUT2D eigenvalue weighted by Gasteiger charge is 2.21. The van der Waals surface area contributed by atoms with Crippen molar-refractivity contribution in [1.82, 2.24) is 15.0 Å². The molecule has 3 aromatic rings. The highest BCUT2D eigenvalue weighted by atomic mass is 79.9. The average Bonchev–Trinajstić information content (AvgIpc) is 2.96. The van der Waals surface area contributed by atoms with Crippen LogP contribution in [0.3, 0.4) is 0 Å². The fraction of sp³-hybridized carbons (Fsp3) is 0.333. The van der Waals surface area contributed by atoms with Crippen molar-refractivity contribution < 1.29 is 14.6 Å². The summed E-state index contributed by atoms with van der Waals surface area (Å²) in [4.78, 5) is 11.7. The van der Waals surface area contributed by atoms with Crippen LogP contribution >= 0.6 is 15.9 Å². The van der Waals surface area contributed by atoms with Crippen molar-refractivity contribution in [2.24, 2.45) is 0 Å². The minimum Gasteiger partial charge on any atom is -0.495 e. The minimum atomic E-state index is -1.08. The van der Waals surface area contributed by atoms with Crippen molar-refractivity contribution in [3.8, 4) is 5.75 Å². The van der Waals surface area contributed by atoms with Crippen molar-refractivity contribution in [2.75, 3.05) is 19.0 Å². The summed E-state index contributed by atoms with van der Waals surface area (Å²) >= 11 is 3.53. The lowest BCUT2D eigenvalue weighted by atomic mass is 10.1. The first-order chi connectivity index (χ1) is 12.5. The van der Waals surface area contributed by atoms with Crippen LogP contribution in [0.15, 0.2) is 22.9 Å². The lowest BCUT2D eigenvalue weighted by molar-refractivity contribution is -0.101. The Kier molecular flexibility index (Phi) is 5.45. The molecule has 0 amide bonds. The largest absolute Gasteiger partial charge is 0.495 e. The van der Waals surface area contributed by atoms with E-state index < -0.39 is 6.29 Å². The molecule has 3 N–H and O–H groups in total. The normalized spacial score (nSPS) is 12.4. The summed E-state index contributed by atoms with van der Waals surface area (Å²) in [6, 6.07) is 3.99. The number of halogens is 1. The Bertz CT molecular complexity index is 942. The van der Waals surface area contributed by atoms with E-state index in [9.17, 15) is 5.11 Å². The van der Waals surface area contributed by atoms with Crippen LogP contribution in [-0.4, -0.2) is 33.8 Å². The van der Waals surface area contributed by atoms with Crippen LogP contribution in [0.1, 0.15) is 30.0 Å². The van der Waals surface area contributed by atoms with Crippen LogP contribution in [0, 0.1) is 13.8 Å². The Morgan fingerprint density at radius 3 is 2.69 bits per heavy atom. The van der Waals surface area contributed by atoms with E-state index in [1.807, 2.05) is 32.9 Å². The predicted octanol–water partition coefficient (Wildman–Crippen LogP) is 4.12. The van der Waals surface area contributed by atoms with Crippen LogP contribution in [0.25, 0.3) is 11.0 Å². The number of aromatic nitrogens is 3. The fourth-order valence-electron chi connectivity index (χ4n) is 2.70. The van der Waals surface area contributed by atoms with Gasteiger partial charge in [-0.05, 0) is 60.0 Å². The maximum Gasteiger partial charge on any atom is 0.197 e. The van der Waals surface area contributed by atoms with Crippen LogP contribution in [0.5, 0.6) is 5.75 Å². The SMILES string of the molecule is CCOC(O)c1[nH]c2ncnc(Nc3cc(C)c(C)cc3OC)c2c1Br. The van der Waals surface area contributed by atoms with Gasteiger partial charge >= 0.3 is 0 Å². The lowest BCUT2D eigenvalue weighted by Gasteiger charge is -2.14. The molecule has 0 spiro atoms. The molecule has 26 heavy (non-hydrogen) atoms. The summed E-state index contributed by atoms with van der Waals surface area (Å²) in [7, 11) is 1.63. The third-order valence-electron chi connectivity index (χ3n) is 4.20. The van der Waals surface area contributed by atoms with E-state index in [-0.39, 0.29) is 0 Å². The van der Waals surface area contributed by atoms with Crippen molar-refractivity contribution in [2.45, 2.75) is 27.1 Å². The van der Waals surface area contributed by atoms with E-state index in [0.29, 0.717) is 28.2 Å². The van der Waals surface area contributed by atoms with Gasteiger partial charge < -0.3 is 24.9 Å². The second-order valence-corrected chi connectivity index (χ2v) is 6.66. The smallest absolute Gasteiger partial charge is 0.197 e. The summed E-state index contributed by atoms with van der Waals surface area (Å²) in [5.74, 6) is 1.32. The zero-order valence-electron chi connectivity index (χ0n) is 15.1. The number of hydrogen-bond acceptors (Lipinski definition) is 6. The summed E-state index contributed by atoms with van der Waals surface area (Å²) in [5.41, 5.74) is 4.17. The van der Waals surface area contributed by atoms with Crippen molar-refractivity contribution in [1.29, 1.82) is 0 Å². The first kappa shape index (κ1) is 18.6. The number of aryl methyl sites for hydroxylation is 2. The number of nitrogens with zero attached hydrogens (tertiary/aromatic N) is 2. The number of ether oxygens (including phenoxy) is 2. The number of aliphatic hydroxyl groups is 1. The number of rotatable bonds is 6. The first-order valence-electron chi connectivity index (χ1n) is 8.20. The second kappa shape index (κ2) is 7.61. The van der Waals surface area contributed by atoms with E-state index in [4.69, 9.17) is 9.47 Å². The van der Waals surface area contributed by atoms with Gasteiger partial charge in [0.2, 0.25) is 0 Å². The zero-order valence-corrected chi connectivity index (χ0v) is 16.6.